The molecule has 0 spiro atoms. The highest BCUT2D eigenvalue weighted by Crippen LogP contribution is 2.34. The van der Waals surface area contributed by atoms with Crippen LogP contribution >= 0.6 is 0 Å². The zero-order chi connectivity index (χ0) is 11.5. The fraction of sp³-hybridized carbons (Fsp3) is 0.500. The van der Waals surface area contributed by atoms with Crippen molar-refractivity contribution in [2.24, 2.45) is 0 Å². The average Bonchev–Trinajstić information content (AvgIpc) is 2.24. The van der Waals surface area contributed by atoms with E-state index in [1.165, 1.54) is 19.6 Å². The lowest BCUT2D eigenvalue weighted by Crippen LogP contribution is -2.27. The molecule has 0 saturated heterocycles. The quantitative estimate of drug-likeness (QED) is 0.854. The van der Waals surface area contributed by atoms with E-state index in [4.69, 9.17) is 9.47 Å². The number of hydrogen-bond acceptors (Lipinski definition) is 3. The van der Waals surface area contributed by atoms with Crippen molar-refractivity contribution in [2.75, 3.05) is 19.5 Å². The molecule has 1 saturated carbocycles. The Morgan fingerprint density at radius 2 is 1.81 bits per heavy atom. The molecule has 0 aliphatic heterocycles. The molecule has 1 aromatic carbocycles. The third-order valence-electron chi connectivity index (χ3n) is 2.94. The van der Waals surface area contributed by atoms with E-state index in [1.807, 2.05) is 0 Å². The lowest BCUT2D eigenvalue weighted by Gasteiger charge is -2.28. The molecule has 1 aromatic rings. The Balaban J connectivity index is 2.22. The van der Waals surface area contributed by atoms with Crippen LogP contribution in [0.1, 0.15) is 19.3 Å². The van der Waals surface area contributed by atoms with Crippen molar-refractivity contribution in [2.45, 2.75) is 25.3 Å². The summed E-state index contributed by atoms with van der Waals surface area (Å²) in [5.41, 5.74) is 0.488. The van der Waals surface area contributed by atoms with Gasteiger partial charge in [-0.2, -0.15) is 0 Å². The number of ether oxygens (including phenoxy) is 2. The van der Waals surface area contributed by atoms with Crippen molar-refractivity contribution in [3.63, 3.8) is 0 Å². The van der Waals surface area contributed by atoms with Crippen LogP contribution in [0.3, 0.4) is 0 Å². The van der Waals surface area contributed by atoms with Crippen LogP contribution in [0.4, 0.5) is 10.1 Å². The third kappa shape index (κ3) is 2.05. The Hall–Kier alpha value is -1.45. The maximum atomic E-state index is 13.7. The topological polar surface area (TPSA) is 30.5 Å². The van der Waals surface area contributed by atoms with Gasteiger partial charge in [0.25, 0.3) is 0 Å². The second-order valence-corrected chi connectivity index (χ2v) is 3.96. The van der Waals surface area contributed by atoms with E-state index in [0.717, 1.165) is 12.8 Å². The Kier molecular flexibility index (Phi) is 3.17. The SMILES string of the molecule is COc1cc(F)c(NC2CCC2)cc1OC. The number of nitrogens with one attached hydrogen (secondary N) is 1. The molecule has 0 amide bonds. The summed E-state index contributed by atoms with van der Waals surface area (Å²) in [6, 6.07) is 3.39. The molecule has 88 valence electrons. The van der Waals surface area contributed by atoms with Gasteiger partial charge in [-0.15, -0.1) is 0 Å². The van der Waals surface area contributed by atoms with E-state index >= 15 is 0 Å². The first-order valence-corrected chi connectivity index (χ1v) is 5.42. The fourth-order valence-corrected chi connectivity index (χ4v) is 1.74. The van der Waals surface area contributed by atoms with Crippen LogP contribution in [-0.2, 0) is 0 Å². The molecule has 0 aromatic heterocycles. The van der Waals surface area contributed by atoms with Crippen LogP contribution in [-0.4, -0.2) is 20.3 Å². The smallest absolute Gasteiger partial charge is 0.163 e. The molecule has 0 unspecified atom stereocenters. The second kappa shape index (κ2) is 4.60. The van der Waals surface area contributed by atoms with E-state index in [1.54, 1.807) is 13.2 Å². The molecule has 1 aliphatic carbocycles. The minimum absolute atomic E-state index is 0.301. The van der Waals surface area contributed by atoms with Crippen molar-refractivity contribution in [1.29, 1.82) is 0 Å². The first-order chi connectivity index (χ1) is 7.74. The first kappa shape index (κ1) is 11.0. The molecule has 3 nitrogen and oxygen atoms in total. The first-order valence-electron chi connectivity index (χ1n) is 5.42. The monoisotopic (exact) mass is 225 g/mol. The lowest BCUT2D eigenvalue weighted by molar-refractivity contribution is 0.352. The standard InChI is InChI=1S/C12H16FNO2/c1-15-11-6-9(13)10(7-12(11)16-2)14-8-4-3-5-8/h6-8,14H,3-5H2,1-2H3. The molecule has 0 radical (unpaired) electrons. The predicted molar refractivity (Wildman–Crippen MR) is 60.8 cm³/mol. The number of rotatable bonds is 4. The van der Waals surface area contributed by atoms with Crippen molar-refractivity contribution in [1.82, 2.24) is 0 Å². The van der Waals surface area contributed by atoms with Gasteiger partial charge in [0.05, 0.1) is 19.9 Å². The Morgan fingerprint density at radius 3 is 2.31 bits per heavy atom. The Morgan fingerprint density at radius 1 is 1.19 bits per heavy atom. The van der Waals surface area contributed by atoms with Gasteiger partial charge in [0.1, 0.15) is 5.82 Å². The van der Waals surface area contributed by atoms with E-state index in [-0.39, 0.29) is 5.82 Å². The summed E-state index contributed by atoms with van der Waals surface area (Å²) < 4.78 is 23.8. The zero-order valence-electron chi connectivity index (χ0n) is 9.55. The molecular weight excluding hydrogens is 209 g/mol. The van der Waals surface area contributed by atoms with Crippen molar-refractivity contribution in [3.8, 4) is 11.5 Å². The summed E-state index contributed by atoms with van der Waals surface area (Å²) in [7, 11) is 3.04. The van der Waals surface area contributed by atoms with Gasteiger partial charge in [-0.1, -0.05) is 0 Å². The largest absolute Gasteiger partial charge is 0.493 e. The highest BCUT2D eigenvalue weighted by molar-refractivity contribution is 5.56. The Labute approximate surface area is 94.6 Å². The van der Waals surface area contributed by atoms with E-state index in [9.17, 15) is 4.39 Å². The summed E-state index contributed by atoms with van der Waals surface area (Å²) in [5.74, 6) is 0.662. The molecule has 0 atom stereocenters. The number of hydrogen-bond donors (Lipinski definition) is 1. The van der Waals surface area contributed by atoms with Gasteiger partial charge in [-0.05, 0) is 19.3 Å². The highest BCUT2D eigenvalue weighted by atomic mass is 19.1. The van der Waals surface area contributed by atoms with Gasteiger partial charge < -0.3 is 14.8 Å². The normalized spacial score (nSPS) is 15.4. The van der Waals surface area contributed by atoms with E-state index in [0.29, 0.717) is 23.2 Å². The average molecular weight is 225 g/mol. The van der Waals surface area contributed by atoms with E-state index < -0.39 is 0 Å². The fourth-order valence-electron chi connectivity index (χ4n) is 1.74. The number of benzene rings is 1. The molecule has 0 heterocycles. The van der Waals surface area contributed by atoms with Crippen LogP contribution in [0.15, 0.2) is 12.1 Å². The molecular formula is C12H16FNO2. The molecule has 1 N–H and O–H groups in total. The van der Waals surface area contributed by atoms with Crippen LogP contribution < -0.4 is 14.8 Å². The zero-order valence-corrected chi connectivity index (χ0v) is 9.55. The summed E-state index contributed by atoms with van der Waals surface area (Å²) in [6.45, 7) is 0. The van der Waals surface area contributed by atoms with Crippen molar-refractivity contribution in [3.05, 3.63) is 17.9 Å². The number of halogens is 1. The van der Waals surface area contributed by atoms with Crippen molar-refractivity contribution < 1.29 is 13.9 Å². The van der Waals surface area contributed by atoms with Crippen LogP contribution in [0.2, 0.25) is 0 Å². The minimum Gasteiger partial charge on any atom is -0.493 e. The van der Waals surface area contributed by atoms with Crippen LogP contribution in [0.25, 0.3) is 0 Å². The summed E-state index contributed by atoms with van der Waals surface area (Å²) in [5, 5.41) is 3.16. The molecule has 4 heteroatoms. The number of anilines is 1. The van der Waals surface area contributed by atoms with Crippen LogP contribution in [0.5, 0.6) is 11.5 Å². The van der Waals surface area contributed by atoms with Gasteiger partial charge in [0.2, 0.25) is 0 Å². The van der Waals surface area contributed by atoms with Crippen LogP contribution in [0, 0.1) is 5.82 Å². The highest BCUT2D eigenvalue weighted by Gasteiger charge is 2.19. The van der Waals surface area contributed by atoms with Gasteiger partial charge in [-0.25, -0.2) is 4.39 Å². The van der Waals surface area contributed by atoms with Gasteiger partial charge in [-0.3, -0.25) is 0 Å². The van der Waals surface area contributed by atoms with Crippen molar-refractivity contribution >= 4 is 5.69 Å². The third-order valence-corrected chi connectivity index (χ3v) is 2.94. The Bertz CT molecular complexity index is 378. The maximum Gasteiger partial charge on any atom is 0.163 e. The molecule has 16 heavy (non-hydrogen) atoms. The summed E-state index contributed by atoms with van der Waals surface area (Å²) in [6.07, 6.45) is 3.42. The predicted octanol–water partition coefficient (Wildman–Crippen LogP) is 2.81. The van der Waals surface area contributed by atoms with Gasteiger partial charge in [0, 0.05) is 18.2 Å². The maximum absolute atomic E-state index is 13.7. The summed E-state index contributed by atoms with van der Waals surface area (Å²) in [4.78, 5) is 0. The molecule has 1 aliphatic rings. The van der Waals surface area contributed by atoms with Gasteiger partial charge in [0.15, 0.2) is 11.5 Å². The lowest BCUT2D eigenvalue weighted by atomic mass is 9.93. The van der Waals surface area contributed by atoms with Gasteiger partial charge >= 0.3 is 0 Å². The summed E-state index contributed by atoms with van der Waals surface area (Å²) >= 11 is 0. The second-order valence-electron chi connectivity index (χ2n) is 3.96. The number of methoxy groups -OCH3 is 2. The molecule has 0 bridgehead atoms. The molecule has 1 fully saturated rings. The van der Waals surface area contributed by atoms with E-state index in [2.05, 4.69) is 5.32 Å². The minimum atomic E-state index is -0.301. The molecule has 2 rings (SSSR count).